The first kappa shape index (κ1) is 18.7. The van der Waals surface area contributed by atoms with Crippen LogP contribution >= 0.6 is 0 Å². The average molecular weight is 355 g/mol. The van der Waals surface area contributed by atoms with E-state index in [1.165, 1.54) is 18.4 Å². The van der Waals surface area contributed by atoms with Gasteiger partial charge in [-0.25, -0.2) is 0 Å². The first-order valence-corrected chi connectivity index (χ1v) is 9.66. The maximum Gasteiger partial charge on any atom is 0.235 e. The van der Waals surface area contributed by atoms with Crippen LogP contribution in [0.4, 0.5) is 0 Å². The number of benzene rings is 1. The van der Waals surface area contributed by atoms with Crippen LogP contribution < -0.4 is 10.1 Å². The number of amides is 1. The Labute approximate surface area is 156 Å². The average Bonchev–Trinajstić information content (AvgIpc) is 3.50. The Morgan fingerprint density at radius 2 is 2.00 bits per heavy atom. The lowest BCUT2D eigenvalue weighted by molar-refractivity contribution is -0.124. The number of methoxy groups -OCH3 is 1. The van der Waals surface area contributed by atoms with Crippen LogP contribution in [0.25, 0.3) is 0 Å². The molecule has 2 unspecified atom stereocenters. The second-order valence-corrected chi connectivity index (χ2v) is 7.75. The van der Waals surface area contributed by atoms with Gasteiger partial charge in [0.25, 0.3) is 0 Å². The highest BCUT2D eigenvalue weighted by atomic mass is 16.5. The molecular formula is C21H29N3O2. The molecule has 2 atom stereocenters. The minimum absolute atomic E-state index is 0.0404. The van der Waals surface area contributed by atoms with Gasteiger partial charge in [0.15, 0.2) is 0 Å². The maximum atomic E-state index is 12.7. The van der Waals surface area contributed by atoms with Gasteiger partial charge in [-0.3, -0.25) is 9.69 Å². The fourth-order valence-corrected chi connectivity index (χ4v) is 3.96. The third-order valence-electron chi connectivity index (χ3n) is 5.74. The van der Waals surface area contributed by atoms with E-state index < -0.39 is 5.54 Å². The molecule has 0 spiro atoms. The maximum absolute atomic E-state index is 12.7. The number of nitrogens with one attached hydrogen (secondary N) is 1. The van der Waals surface area contributed by atoms with Crippen LogP contribution in [-0.4, -0.2) is 36.5 Å². The Bertz CT molecular complexity index is 663. The molecule has 1 aliphatic heterocycles. The summed E-state index contributed by atoms with van der Waals surface area (Å²) < 4.78 is 5.26. The van der Waals surface area contributed by atoms with Gasteiger partial charge in [0.1, 0.15) is 11.3 Å². The molecule has 1 aliphatic carbocycles. The van der Waals surface area contributed by atoms with Crippen LogP contribution in [0.1, 0.15) is 57.1 Å². The minimum Gasteiger partial charge on any atom is -0.497 e. The van der Waals surface area contributed by atoms with Gasteiger partial charge in [-0.15, -0.1) is 0 Å². The molecule has 1 amide bonds. The van der Waals surface area contributed by atoms with Crippen molar-refractivity contribution in [2.24, 2.45) is 5.92 Å². The van der Waals surface area contributed by atoms with Crippen LogP contribution in [0.15, 0.2) is 24.3 Å². The van der Waals surface area contributed by atoms with Crippen LogP contribution in [0.3, 0.4) is 0 Å². The summed E-state index contributed by atoms with van der Waals surface area (Å²) in [6.45, 7) is 3.11. The molecule has 1 N–H and O–H groups in total. The summed E-state index contributed by atoms with van der Waals surface area (Å²) >= 11 is 0. The number of nitrogens with zero attached hydrogens (tertiary/aromatic N) is 2. The van der Waals surface area contributed by atoms with Crippen molar-refractivity contribution in [3.63, 3.8) is 0 Å². The molecule has 26 heavy (non-hydrogen) atoms. The molecular weight excluding hydrogens is 326 g/mol. The van der Waals surface area contributed by atoms with E-state index in [-0.39, 0.29) is 11.9 Å². The highest BCUT2D eigenvalue weighted by Gasteiger charge is 2.43. The van der Waals surface area contributed by atoms with Crippen LogP contribution in [0.2, 0.25) is 0 Å². The van der Waals surface area contributed by atoms with Gasteiger partial charge in [0.2, 0.25) is 5.91 Å². The lowest BCUT2D eigenvalue weighted by atomic mass is 9.97. The standard InChI is InChI=1S/C21H29N3O2/c1-21(15-22,17-9-10-17)23-20(25)14-24-13-5-3-4-6-19(24)16-7-11-18(26-2)12-8-16/h7-8,11-12,17,19H,3-6,9-10,13-14H2,1-2H3,(H,23,25). The summed E-state index contributed by atoms with van der Waals surface area (Å²) in [6.07, 6.45) is 6.59. The number of carbonyl (C=O) groups is 1. The summed E-state index contributed by atoms with van der Waals surface area (Å²) in [4.78, 5) is 15.0. The van der Waals surface area contributed by atoms with Crippen LogP contribution in [-0.2, 0) is 4.79 Å². The van der Waals surface area contributed by atoms with Crippen molar-refractivity contribution in [3.05, 3.63) is 29.8 Å². The first-order valence-electron chi connectivity index (χ1n) is 9.66. The number of hydrogen-bond acceptors (Lipinski definition) is 4. The fraction of sp³-hybridized carbons (Fsp3) is 0.619. The molecule has 2 fully saturated rings. The Kier molecular flexibility index (Phi) is 5.83. The van der Waals surface area contributed by atoms with Crippen molar-refractivity contribution in [2.75, 3.05) is 20.2 Å². The number of likely N-dealkylation sites (tertiary alicyclic amines) is 1. The molecule has 3 rings (SSSR count). The number of hydrogen-bond donors (Lipinski definition) is 1. The van der Waals surface area contributed by atoms with Crippen molar-refractivity contribution in [1.29, 1.82) is 5.26 Å². The largest absolute Gasteiger partial charge is 0.497 e. The van der Waals surface area contributed by atoms with Crippen LogP contribution in [0.5, 0.6) is 5.75 Å². The predicted molar refractivity (Wildman–Crippen MR) is 101 cm³/mol. The third kappa shape index (κ3) is 4.37. The van der Waals surface area contributed by atoms with Crippen molar-refractivity contribution in [2.45, 2.75) is 57.0 Å². The molecule has 0 bridgehead atoms. The van der Waals surface area contributed by atoms with Crippen molar-refractivity contribution in [3.8, 4) is 11.8 Å². The van der Waals surface area contributed by atoms with E-state index in [9.17, 15) is 10.1 Å². The molecule has 1 saturated carbocycles. The smallest absolute Gasteiger partial charge is 0.235 e. The monoisotopic (exact) mass is 355 g/mol. The lowest BCUT2D eigenvalue weighted by Crippen LogP contribution is -2.50. The molecule has 1 heterocycles. The zero-order valence-corrected chi connectivity index (χ0v) is 15.8. The lowest BCUT2D eigenvalue weighted by Gasteiger charge is -2.31. The van der Waals surface area contributed by atoms with Crippen molar-refractivity contribution >= 4 is 5.91 Å². The molecule has 1 saturated heterocycles. The summed E-state index contributed by atoms with van der Waals surface area (Å²) in [5, 5.41) is 12.5. The van der Waals surface area contributed by atoms with Gasteiger partial charge in [-0.05, 0) is 62.8 Å². The zero-order chi connectivity index (χ0) is 18.6. The Morgan fingerprint density at radius 3 is 2.62 bits per heavy atom. The summed E-state index contributed by atoms with van der Waals surface area (Å²) in [6, 6.07) is 10.7. The van der Waals surface area contributed by atoms with Gasteiger partial charge in [0, 0.05) is 6.04 Å². The molecule has 0 aromatic heterocycles. The van der Waals surface area contributed by atoms with E-state index in [2.05, 4.69) is 28.4 Å². The topological polar surface area (TPSA) is 65.4 Å². The number of ether oxygens (including phenoxy) is 1. The van der Waals surface area contributed by atoms with E-state index in [4.69, 9.17) is 4.74 Å². The van der Waals surface area contributed by atoms with E-state index in [1.807, 2.05) is 19.1 Å². The van der Waals surface area contributed by atoms with Crippen molar-refractivity contribution < 1.29 is 9.53 Å². The normalized spacial score (nSPS) is 23.3. The SMILES string of the molecule is COc1ccc(C2CCCCCN2CC(=O)NC(C)(C#N)C2CC2)cc1. The second kappa shape index (κ2) is 8.09. The van der Waals surface area contributed by atoms with E-state index >= 15 is 0 Å². The van der Waals surface area contributed by atoms with Gasteiger partial charge in [0.05, 0.1) is 19.7 Å². The molecule has 1 aromatic rings. The summed E-state index contributed by atoms with van der Waals surface area (Å²) in [5.74, 6) is 1.11. The molecule has 0 radical (unpaired) electrons. The second-order valence-electron chi connectivity index (χ2n) is 7.75. The number of carbonyl (C=O) groups excluding carboxylic acids is 1. The predicted octanol–water partition coefficient (Wildman–Crippen LogP) is 3.42. The summed E-state index contributed by atoms with van der Waals surface area (Å²) in [5.41, 5.74) is 0.504. The molecule has 5 heteroatoms. The third-order valence-corrected chi connectivity index (χ3v) is 5.74. The first-order chi connectivity index (χ1) is 12.6. The van der Waals surface area contributed by atoms with Crippen molar-refractivity contribution in [1.82, 2.24) is 10.2 Å². The Morgan fingerprint density at radius 1 is 1.27 bits per heavy atom. The quantitative estimate of drug-likeness (QED) is 0.849. The molecule has 1 aromatic carbocycles. The van der Waals surface area contributed by atoms with Gasteiger partial charge in [-0.2, -0.15) is 5.26 Å². The Hall–Kier alpha value is -2.06. The Balaban J connectivity index is 1.70. The zero-order valence-electron chi connectivity index (χ0n) is 15.8. The number of nitriles is 1. The van der Waals surface area contributed by atoms with Gasteiger partial charge < -0.3 is 10.1 Å². The van der Waals surface area contributed by atoms with E-state index in [0.717, 1.165) is 38.0 Å². The van der Waals surface area contributed by atoms with E-state index in [0.29, 0.717) is 12.5 Å². The van der Waals surface area contributed by atoms with E-state index in [1.54, 1.807) is 7.11 Å². The highest BCUT2D eigenvalue weighted by Crippen LogP contribution is 2.39. The summed E-state index contributed by atoms with van der Waals surface area (Å²) in [7, 11) is 1.67. The molecule has 140 valence electrons. The fourth-order valence-electron chi connectivity index (χ4n) is 3.96. The minimum atomic E-state index is -0.724. The molecule has 2 aliphatic rings. The van der Waals surface area contributed by atoms with Crippen LogP contribution in [0, 0.1) is 17.2 Å². The molecule has 5 nitrogen and oxygen atoms in total. The number of rotatable bonds is 6. The van der Waals surface area contributed by atoms with Gasteiger partial charge >= 0.3 is 0 Å². The van der Waals surface area contributed by atoms with Gasteiger partial charge in [-0.1, -0.05) is 25.0 Å². The highest BCUT2D eigenvalue weighted by molar-refractivity contribution is 5.79.